The summed E-state index contributed by atoms with van der Waals surface area (Å²) in [6, 6.07) is 16.9. The molecule has 1 atom stereocenters. The molecule has 3 rings (SSSR count). The van der Waals surface area contributed by atoms with Crippen LogP contribution in [0.1, 0.15) is 25.5 Å². The summed E-state index contributed by atoms with van der Waals surface area (Å²) < 4.78 is 10.7. The number of carbonyl (C=O) groups is 1. The van der Waals surface area contributed by atoms with Gasteiger partial charge in [-0.3, -0.25) is 4.90 Å². The summed E-state index contributed by atoms with van der Waals surface area (Å²) in [4.78, 5) is 14.7. The van der Waals surface area contributed by atoms with E-state index in [1.807, 2.05) is 66.4 Å². The fraction of sp³-hybridized carbons (Fsp3) is 0.238. The number of allylic oxidation sites excluding steroid dienone is 1. The highest BCUT2D eigenvalue weighted by Gasteiger charge is 2.35. The number of nitrogens with one attached hydrogen (secondary N) is 1. The number of ether oxygens (including phenoxy) is 2. The summed E-state index contributed by atoms with van der Waals surface area (Å²) >= 11 is 5.63. The maximum atomic E-state index is 12.8. The van der Waals surface area contributed by atoms with Gasteiger partial charge in [0, 0.05) is 11.4 Å². The monoisotopic (exact) mass is 382 g/mol. The molecule has 0 fully saturated rings. The Hall–Kier alpha value is -2.86. The third-order valence-corrected chi connectivity index (χ3v) is 4.72. The first-order chi connectivity index (χ1) is 13.1. The Kier molecular flexibility index (Phi) is 5.76. The molecule has 6 heteroatoms. The summed E-state index contributed by atoms with van der Waals surface area (Å²) in [5.74, 6) is 0.352. The van der Waals surface area contributed by atoms with Crippen LogP contribution < -0.4 is 15.0 Å². The number of para-hydroxylation sites is 1. The molecule has 0 aromatic heterocycles. The summed E-state index contributed by atoms with van der Waals surface area (Å²) in [6.45, 7) is 3.99. The van der Waals surface area contributed by atoms with E-state index in [9.17, 15) is 4.79 Å². The molecule has 0 saturated carbocycles. The molecule has 0 spiro atoms. The van der Waals surface area contributed by atoms with Gasteiger partial charge in [-0.2, -0.15) is 0 Å². The number of benzene rings is 2. The molecule has 27 heavy (non-hydrogen) atoms. The minimum absolute atomic E-state index is 0.302. The largest absolute Gasteiger partial charge is 0.497 e. The van der Waals surface area contributed by atoms with Crippen LogP contribution in [0.4, 0.5) is 5.69 Å². The fourth-order valence-corrected chi connectivity index (χ4v) is 3.54. The molecule has 0 aliphatic carbocycles. The van der Waals surface area contributed by atoms with Gasteiger partial charge in [-0.1, -0.05) is 30.3 Å². The van der Waals surface area contributed by atoms with Crippen LogP contribution >= 0.6 is 12.2 Å². The highest BCUT2D eigenvalue weighted by atomic mass is 32.1. The Morgan fingerprint density at radius 2 is 1.93 bits per heavy atom. The third-order valence-electron chi connectivity index (χ3n) is 4.42. The normalized spacial score (nSPS) is 16.8. The van der Waals surface area contributed by atoms with Gasteiger partial charge in [0.15, 0.2) is 5.11 Å². The number of thiocarbonyl (C=S) groups is 1. The number of hydrogen-bond acceptors (Lipinski definition) is 4. The van der Waals surface area contributed by atoms with E-state index in [0.717, 1.165) is 16.9 Å². The van der Waals surface area contributed by atoms with Crippen molar-refractivity contribution >= 4 is 29.0 Å². The first kappa shape index (κ1) is 18.9. The molecule has 2 aromatic carbocycles. The lowest BCUT2D eigenvalue weighted by Crippen LogP contribution is -2.48. The van der Waals surface area contributed by atoms with Crippen LogP contribution in [0, 0.1) is 0 Å². The molecule has 0 amide bonds. The van der Waals surface area contributed by atoms with Crippen molar-refractivity contribution in [1.29, 1.82) is 0 Å². The molecular formula is C21H22N2O3S. The highest BCUT2D eigenvalue weighted by molar-refractivity contribution is 7.80. The maximum Gasteiger partial charge on any atom is 0.338 e. The van der Waals surface area contributed by atoms with E-state index in [4.69, 9.17) is 21.7 Å². The van der Waals surface area contributed by atoms with E-state index in [2.05, 4.69) is 5.32 Å². The predicted molar refractivity (Wildman–Crippen MR) is 110 cm³/mol. The Morgan fingerprint density at radius 3 is 2.59 bits per heavy atom. The molecule has 1 unspecified atom stereocenters. The molecule has 1 N–H and O–H groups in total. The number of nitrogens with zero attached hydrogens (tertiary/aromatic N) is 1. The van der Waals surface area contributed by atoms with E-state index in [-0.39, 0.29) is 5.97 Å². The summed E-state index contributed by atoms with van der Waals surface area (Å²) in [6.07, 6.45) is 0. The van der Waals surface area contributed by atoms with Gasteiger partial charge in [-0.05, 0) is 55.9 Å². The van der Waals surface area contributed by atoms with Crippen molar-refractivity contribution in [2.45, 2.75) is 19.9 Å². The average Bonchev–Trinajstić information content (AvgIpc) is 2.68. The quantitative estimate of drug-likeness (QED) is 0.624. The Labute approximate surface area is 164 Å². The minimum atomic E-state index is -0.411. The van der Waals surface area contributed by atoms with Crippen LogP contribution in [0.5, 0.6) is 5.75 Å². The van der Waals surface area contributed by atoms with Gasteiger partial charge in [0.1, 0.15) is 5.75 Å². The molecule has 1 heterocycles. The summed E-state index contributed by atoms with van der Waals surface area (Å²) in [7, 11) is 1.61. The van der Waals surface area contributed by atoms with Crippen molar-refractivity contribution in [3.05, 3.63) is 71.4 Å². The van der Waals surface area contributed by atoms with Crippen LogP contribution in [0.3, 0.4) is 0 Å². The van der Waals surface area contributed by atoms with Crippen molar-refractivity contribution in [3.63, 3.8) is 0 Å². The lowest BCUT2D eigenvalue weighted by molar-refractivity contribution is -0.139. The fourth-order valence-electron chi connectivity index (χ4n) is 3.18. The molecule has 0 radical (unpaired) electrons. The smallest absolute Gasteiger partial charge is 0.338 e. The van der Waals surface area contributed by atoms with Gasteiger partial charge in [-0.15, -0.1) is 0 Å². The third kappa shape index (κ3) is 3.80. The van der Waals surface area contributed by atoms with Crippen LogP contribution in [0.15, 0.2) is 65.9 Å². The topological polar surface area (TPSA) is 50.8 Å². The van der Waals surface area contributed by atoms with E-state index in [1.54, 1.807) is 14.0 Å². The van der Waals surface area contributed by atoms with Gasteiger partial charge in [0.25, 0.3) is 0 Å². The first-order valence-electron chi connectivity index (χ1n) is 8.74. The van der Waals surface area contributed by atoms with Crippen LogP contribution in [-0.2, 0) is 9.53 Å². The minimum Gasteiger partial charge on any atom is -0.497 e. The molecule has 5 nitrogen and oxygen atoms in total. The van der Waals surface area contributed by atoms with E-state index < -0.39 is 6.04 Å². The highest BCUT2D eigenvalue weighted by Crippen LogP contribution is 2.35. The number of hydrogen-bond donors (Lipinski definition) is 1. The Bertz CT molecular complexity index is 880. The van der Waals surface area contributed by atoms with E-state index in [1.165, 1.54) is 0 Å². The molecular weight excluding hydrogens is 360 g/mol. The molecule has 1 aliphatic heterocycles. The zero-order chi connectivity index (χ0) is 19.4. The lowest BCUT2D eigenvalue weighted by Gasteiger charge is -2.37. The van der Waals surface area contributed by atoms with Gasteiger partial charge in [0.2, 0.25) is 0 Å². The van der Waals surface area contributed by atoms with Crippen molar-refractivity contribution < 1.29 is 14.3 Å². The zero-order valence-electron chi connectivity index (χ0n) is 15.6. The van der Waals surface area contributed by atoms with Crippen LogP contribution in [0.2, 0.25) is 0 Å². The molecule has 0 bridgehead atoms. The standard InChI is InChI=1S/C21H22N2O3S/c1-4-26-20(24)18-14(2)23(16-10-6-5-7-11-16)21(27)22-19(18)15-9-8-12-17(13-15)25-3/h5-13,19H,4H2,1-3H3,(H,22,27). The van der Waals surface area contributed by atoms with Gasteiger partial charge >= 0.3 is 5.97 Å². The summed E-state index contributed by atoms with van der Waals surface area (Å²) in [5.41, 5.74) is 3.05. The van der Waals surface area contributed by atoms with Crippen molar-refractivity contribution in [1.82, 2.24) is 5.32 Å². The zero-order valence-corrected chi connectivity index (χ0v) is 16.4. The number of anilines is 1. The summed E-state index contributed by atoms with van der Waals surface area (Å²) in [5, 5.41) is 3.82. The Morgan fingerprint density at radius 1 is 1.19 bits per heavy atom. The molecule has 0 saturated heterocycles. The van der Waals surface area contributed by atoms with Gasteiger partial charge in [0.05, 0.1) is 25.3 Å². The van der Waals surface area contributed by atoms with Crippen LogP contribution in [-0.4, -0.2) is 24.8 Å². The Balaban J connectivity index is 2.12. The van der Waals surface area contributed by atoms with Crippen molar-refractivity contribution in [2.75, 3.05) is 18.6 Å². The second-order valence-corrected chi connectivity index (χ2v) is 6.44. The average molecular weight is 382 g/mol. The maximum absolute atomic E-state index is 12.8. The second kappa shape index (κ2) is 8.22. The van der Waals surface area contributed by atoms with E-state index >= 15 is 0 Å². The second-order valence-electron chi connectivity index (χ2n) is 6.05. The number of esters is 1. The number of methoxy groups -OCH3 is 1. The van der Waals surface area contributed by atoms with E-state index in [0.29, 0.717) is 23.0 Å². The number of carbonyl (C=O) groups excluding carboxylic acids is 1. The predicted octanol–water partition coefficient (Wildman–Crippen LogP) is 3.97. The van der Waals surface area contributed by atoms with Gasteiger partial charge < -0.3 is 14.8 Å². The van der Waals surface area contributed by atoms with Crippen molar-refractivity contribution in [3.8, 4) is 5.75 Å². The van der Waals surface area contributed by atoms with Gasteiger partial charge in [-0.25, -0.2) is 4.79 Å². The molecule has 140 valence electrons. The van der Waals surface area contributed by atoms with Crippen LogP contribution in [0.25, 0.3) is 0 Å². The molecule has 1 aliphatic rings. The van der Waals surface area contributed by atoms with Crippen molar-refractivity contribution in [2.24, 2.45) is 0 Å². The number of rotatable bonds is 5. The first-order valence-corrected chi connectivity index (χ1v) is 9.15. The lowest BCUT2D eigenvalue weighted by atomic mass is 9.94. The molecule has 2 aromatic rings. The SMILES string of the molecule is CCOC(=O)C1=C(C)N(c2ccccc2)C(=S)NC1c1cccc(OC)c1.